The molecule has 1 aromatic carbocycles. The minimum Gasteiger partial charge on any atom is -0.258 e. The largest absolute Gasteiger partial charge is 0.416 e. The number of nitrogens with zero attached hydrogens (tertiary/aromatic N) is 1. The molecule has 0 saturated heterocycles. The Morgan fingerprint density at radius 2 is 1.38 bits per heavy atom. The molecule has 0 spiro atoms. The zero-order valence-corrected chi connectivity index (χ0v) is 10.9. The summed E-state index contributed by atoms with van der Waals surface area (Å²) in [4.78, 5) is 3.49. The molecule has 0 N–H and O–H groups in total. The normalized spacial score (nSPS) is 14.5. The highest BCUT2D eigenvalue weighted by molar-refractivity contribution is 5.74. The standard InChI is InChI=1S/C13H10F7N/c1-3-21-11(7(2)14)8-4-9(12(15,16)17)6-10(5-8)13(18,19)20/h3-6H,1-2H3/b11-7+,21-3?. The Kier molecular flexibility index (Phi) is 4.80. The van der Waals surface area contributed by atoms with Gasteiger partial charge in [0.25, 0.3) is 0 Å². The number of rotatable bonds is 2. The van der Waals surface area contributed by atoms with Crippen LogP contribution < -0.4 is 0 Å². The fourth-order valence-corrected chi connectivity index (χ4v) is 1.58. The monoisotopic (exact) mass is 313 g/mol. The molecule has 0 aliphatic carbocycles. The van der Waals surface area contributed by atoms with Crippen molar-refractivity contribution in [2.24, 2.45) is 4.99 Å². The highest BCUT2D eigenvalue weighted by atomic mass is 19.4. The summed E-state index contributed by atoms with van der Waals surface area (Å²) in [5.74, 6) is -0.986. The Balaban J connectivity index is 3.64. The van der Waals surface area contributed by atoms with Gasteiger partial charge in [0.1, 0.15) is 11.5 Å². The zero-order chi connectivity index (χ0) is 16.4. The number of allylic oxidation sites excluding steroid dienone is 1. The van der Waals surface area contributed by atoms with Crippen molar-refractivity contribution in [3.05, 3.63) is 40.7 Å². The lowest BCUT2D eigenvalue weighted by atomic mass is 10.0. The van der Waals surface area contributed by atoms with Crippen molar-refractivity contribution in [1.29, 1.82) is 0 Å². The molecule has 0 unspecified atom stereocenters. The van der Waals surface area contributed by atoms with Gasteiger partial charge in [-0.1, -0.05) is 0 Å². The quantitative estimate of drug-likeness (QED) is 0.507. The topological polar surface area (TPSA) is 12.4 Å². The second-order valence-corrected chi connectivity index (χ2v) is 4.06. The second-order valence-electron chi connectivity index (χ2n) is 4.06. The Morgan fingerprint density at radius 3 is 1.67 bits per heavy atom. The molecule has 8 heteroatoms. The summed E-state index contributed by atoms with van der Waals surface area (Å²) in [6.07, 6.45) is -8.89. The van der Waals surface area contributed by atoms with Crippen molar-refractivity contribution in [3.8, 4) is 0 Å². The number of hydrogen-bond acceptors (Lipinski definition) is 1. The third-order valence-electron chi connectivity index (χ3n) is 2.45. The summed E-state index contributed by atoms with van der Waals surface area (Å²) in [5.41, 5.74) is -4.20. The fraction of sp³-hybridized carbons (Fsp3) is 0.308. The maximum Gasteiger partial charge on any atom is 0.416 e. The number of hydrogen-bond donors (Lipinski definition) is 0. The molecule has 0 fully saturated rings. The Morgan fingerprint density at radius 1 is 0.952 bits per heavy atom. The van der Waals surface area contributed by atoms with Crippen molar-refractivity contribution in [3.63, 3.8) is 0 Å². The van der Waals surface area contributed by atoms with Crippen LogP contribution in [0.4, 0.5) is 30.7 Å². The van der Waals surface area contributed by atoms with Crippen LogP contribution in [0.5, 0.6) is 0 Å². The van der Waals surface area contributed by atoms with Crippen molar-refractivity contribution < 1.29 is 30.7 Å². The van der Waals surface area contributed by atoms with Crippen LogP contribution in [0, 0.1) is 0 Å². The summed E-state index contributed by atoms with van der Waals surface area (Å²) in [6, 6.07) is 0.839. The highest BCUT2D eigenvalue weighted by Crippen LogP contribution is 2.38. The van der Waals surface area contributed by atoms with Gasteiger partial charge in [0.15, 0.2) is 0 Å². The summed E-state index contributed by atoms with van der Waals surface area (Å²) in [6.45, 7) is 2.26. The summed E-state index contributed by atoms with van der Waals surface area (Å²) in [5, 5.41) is 0. The maximum atomic E-state index is 13.3. The van der Waals surface area contributed by atoms with Gasteiger partial charge in [0.2, 0.25) is 0 Å². The number of halogens is 7. The van der Waals surface area contributed by atoms with Gasteiger partial charge in [0, 0.05) is 11.8 Å². The van der Waals surface area contributed by atoms with E-state index in [2.05, 4.69) is 4.99 Å². The third kappa shape index (κ3) is 4.30. The molecule has 0 radical (unpaired) electrons. The number of alkyl halides is 6. The van der Waals surface area contributed by atoms with E-state index in [4.69, 9.17) is 0 Å². The molecule has 0 bridgehead atoms. The molecule has 0 saturated carbocycles. The van der Waals surface area contributed by atoms with Crippen LogP contribution in [-0.4, -0.2) is 6.21 Å². The molecule has 0 aliphatic heterocycles. The van der Waals surface area contributed by atoms with Crippen molar-refractivity contribution >= 4 is 11.9 Å². The molecule has 0 amide bonds. The predicted molar refractivity (Wildman–Crippen MR) is 64.3 cm³/mol. The van der Waals surface area contributed by atoms with Crippen molar-refractivity contribution in [2.75, 3.05) is 0 Å². The number of benzene rings is 1. The first kappa shape index (κ1) is 17.2. The Labute approximate surface area is 115 Å². The molecule has 1 aromatic rings. The molecule has 0 heterocycles. The lowest BCUT2D eigenvalue weighted by molar-refractivity contribution is -0.143. The van der Waals surface area contributed by atoms with Crippen LogP contribution in [0.25, 0.3) is 5.70 Å². The van der Waals surface area contributed by atoms with Gasteiger partial charge in [-0.15, -0.1) is 0 Å². The van der Waals surface area contributed by atoms with E-state index >= 15 is 0 Å². The first-order chi connectivity index (χ1) is 9.46. The van der Waals surface area contributed by atoms with Crippen molar-refractivity contribution in [1.82, 2.24) is 0 Å². The van der Waals surface area contributed by atoms with Gasteiger partial charge in [-0.25, -0.2) is 4.39 Å². The van der Waals surface area contributed by atoms with E-state index in [1.54, 1.807) is 0 Å². The van der Waals surface area contributed by atoms with Gasteiger partial charge < -0.3 is 0 Å². The molecule has 1 rings (SSSR count). The minimum atomic E-state index is -4.98. The van der Waals surface area contributed by atoms with Gasteiger partial charge >= 0.3 is 12.4 Å². The molecular weight excluding hydrogens is 303 g/mol. The van der Waals surface area contributed by atoms with E-state index in [-0.39, 0.29) is 6.07 Å². The van der Waals surface area contributed by atoms with Gasteiger partial charge in [0.05, 0.1) is 11.1 Å². The van der Waals surface area contributed by atoms with Crippen LogP contribution in [-0.2, 0) is 12.4 Å². The fourth-order valence-electron chi connectivity index (χ4n) is 1.58. The van der Waals surface area contributed by atoms with Crippen LogP contribution in [0.1, 0.15) is 30.5 Å². The second kappa shape index (κ2) is 5.87. The molecule has 1 nitrogen and oxygen atoms in total. The smallest absolute Gasteiger partial charge is 0.258 e. The molecule has 21 heavy (non-hydrogen) atoms. The average Bonchev–Trinajstić information content (AvgIpc) is 2.32. The van der Waals surface area contributed by atoms with E-state index in [9.17, 15) is 30.7 Å². The molecule has 0 aromatic heterocycles. The molecule has 0 atom stereocenters. The lowest BCUT2D eigenvalue weighted by Crippen LogP contribution is -2.11. The summed E-state index contributed by atoms with van der Waals surface area (Å²) >= 11 is 0. The van der Waals surface area contributed by atoms with Crippen LogP contribution in [0.3, 0.4) is 0 Å². The van der Waals surface area contributed by atoms with E-state index in [0.29, 0.717) is 12.1 Å². The third-order valence-corrected chi connectivity index (χ3v) is 2.45. The first-order valence-electron chi connectivity index (χ1n) is 5.61. The SMILES string of the molecule is CC=N/C(=C(\C)F)c1cc(C(F)(F)F)cc(C(F)(F)F)c1. The molecule has 0 aliphatic rings. The van der Waals surface area contributed by atoms with E-state index in [1.807, 2.05) is 0 Å². The van der Waals surface area contributed by atoms with Crippen molar-refractivity contribution in [2.45, 2.75) is 26.2 Å². The molecule has 116 valence electrons. The van der Waals surface area contributed by atoms with E-state index in [0.717, 1.165) is 13.1 Å². The van der Waals surface area contributed by atoms with E-state index in [1.165, 1.54) is 6.92 Å². The summed E-state index contributed by atoms with van der Waals surface area (Å²) in [7, 11) is 0. The first-order valence-corrected chi connectivity index (χ1v) is 5.61. The average molecular weight is 313 g/mol. The maximum absolute atomic E-state index is 13.3. The van der Waals surface area contributed by atoms with Crippen LogP contribution >= 0.6 is 0 Å². The van der Waals surface area contributed by atoms with Crippen LogP contribution in [0.15, 0.2) is 29.0 Å². The summed E-state index contributed by atoms with van der Waals surface area (Å²) < 4.78 is 89.3. The van der Waals surface area contributed by atoms with E-state index < -0.39 is 40.6 Å². The Bertz CT molecular complexity index is 543. The highest BCUT2D eigenvalue weighted by Gasteiger charge is 2.37. The molecular formula is C13H10F7N. The Hall–Kier alpha value is -1.86. The van der Waals surface area contributed by atoms with Gasteiger partial charge in [-0.2, -0.15) is 26.3 Å². The van der Waals surface area contributed by atoms with Gasteiger partial charge in [-0.05, 0) is 32.0 Å². The lowest BCUT2D eigenvalue weighted by Gasteiger charge is -2.14. The zero-order valence-electron chi connectivity index (χ0n) is 10.9. The number of aliphatic imine (C=N–C) groups is 1. The van der Waals surface area contributed by atoms with Gasteiger partial charge in [-0.3, -0.25) is 4.99 Å². The minimum absolute atomic E-state index is 0.0235. The predicted octanol–water partition coefficient (Wildman–Crippen LogP) is 5.47. The van der Waals surface area contributed by atoms with Crippen LogP contribution in [0.2, 0.25) is 0 Å².